The minimum atomic E-state index is -0.00748. The third-order valence-electron chi connectivity index (χ3n) is 5.02. The number of aromatic nitrogens is 2. The molecule has 0 fully saturated rings. The summed E-state index contributed by atoms with van der Waals surface area (Å²) < 4.78 is 16.8. The maximum atomic E-state index is 5.91. The first-order chi connectivity index (χ1) is 13.2. The average Bonchev–Trinajstić information content (AvgIpc) is 3.07. The van der Waals surface area contributed by atoms with Gasteiger partial charge in [-0.15, -0.1) is 0 Å². The Morgan fingerprint density at radius 2 is 2.04 bits per heavy atom. The van der Waals surface area contributed by atoms with E-state index in [9.17, 15) is 0 Å². The van der Waals surface area contributed by atoms with Crippen LogP contribution in [0.25, 0.3) is 11.4 Å². The van der Waals surface area contributed by atoms with Crippen molar-refractivity contribution in [2.24, 2.45) is 0 Å². The van der Waals surface area contributed by atoms with E-state index >= 15 is 0 Å². The standard InChI is InChI=1S/C21H23N3O3/c1-14-6-4-5-7-18(14)20-22-21(27-23-20)15(2)24-10-11-26-19-12-17(25-3)9-8-16(19)13-24/h4-9,12,15H,10-11,13H2,1-3H3. The number of methoxy groups -OCH3 is 1. The van der Waals surface area contributed by atoms with Crippen LogP contribution in [0.2, 0.25) is 0 Å². The number of rotatable bonds is 4. The number of fused-ring (bicyclic) bond motifs is 1. The highest BCUT2D eigenvalue weighted by molar-refractivity contribution is 5.59. The van der Waals surface area contributed by atoms with Crippen LogP contribution in [0.5, 0.6) is 11.5 Å². The van der Waals surface area contributed by atoms with Gasteiger partial charge in [-0.2, -0.15) is 4.98 Å². The van der Waals surface area contributed by atoms with E-state index in [1.165, 1.54) is 0 Å². The molecule has 0 saturated carbocycles. The highest BCUT2D eigenvalue weighted by atomic mass is 16.5. The van der Waals surface area contributed by atoms with Crippen LogP contribution in [0.4, 0.5) is 0 Å². The topological polar surface area (TPSA) is 60.6 Å². The molecule has 4 rings (SSSR count). The summed E-state index contributed by atoms with van der Waals surface area (Å²) in [5, 5.41) is 4.19. The van der Waals surface area contributed by atoms with Gasteiger partial charge in [0.25, 0.3) is 0 Å². The fourth-order valence-electron chi connectivity index (χ4n) is 3.32. The summed E-state index contributed by atoms with van der Waals surface area (Å²) in [5.74, 6) is 2.92. The smallest absolute Gasteiger partial charge is 0.244 e. The second-order valence-electron chi connectivity index (χ2n) is 6.74. The summed E-state index contributed by atoms with van der Waals surface area (Å²) in [4.78, 5) is 6.94. The molecule has 6 nitrogen and oxygen atoms in total. The molecule has 0 spiro atoms. The fourth-order valence-corrected chi connectivity index (χ4v) is 3.32. The number of hydrogen-bond acceptors (Lipinski definition) is 6. The molecule has 0 bridgehead atoms. The fraction of sp³-hybridized carbons (Fsp3) is 0.333. The lowest BCUT2D eigenvalue weighted by Crippen LogP contribution is -2.29. The lowest BCUT2D eigenvalue weighted by atomic mass is 10.1. The van der Waals surface area contributed by atoms with Crippen LogP contribution in [0.1, 0.15) is 30.0 Å². The zero-order chi connectivity index (χ0) is 18.8. The Bertz CT molecular complexity index is 938. The molecule has 6 heteroatoms. The number of aryl methyl sites for hydroxylation is 1. The summed E-state index contributed by atoms with van der Waals surface area (Å²) in [6.45, 7) is 6.27. The maximum absolute atomic E-state index is 5.91. The maximum Gasteiger partial charge on any atom is 0.244 e. The molecule has 2 aromatic carbocycles. The Morgan fingerprint density at radius 1 is 1.19 bits per heavy atom. The summed E-state index contributed by atoms with van der Waals surface area (Å²) in [5.41, 5.74) is 3.25. The molecule has 0 N–H and O–H groups in total. The van der Waals surface area contributed by atoms with Gasteiger partial charge >= 0.3 is 0 Å². The van der Waals surface area contributed by atoms with Gasteiger partial charge in [0.1, 0.15) is 18.1 Å². The van der Waals surface area contributed by atoms with Crippen molar-refractivity contribution in [2.45, 2.75) is 26.4 Å². The molecule has 1 aliphatic rings. The Kier molecular flexibility index (Phi) is 4.81. The van der Waals surface area contributed by atoms with Crippen LogP contribution in [-0.4, -0.2) is 35.3 Å². The van der Waals surface area contributed by atoms with Crippen molar-refractivity contribution in [3.05, 3.63) is 59.5 Å². The van der Waals surface area contributed by atoms with E-state index in [1.54, 1.807) is 7.11 Å². The van der Waals surface area contributed by atoms with Crippen LogP contribution in [0.15, 0.2) is 47.0 Å². The molecule has 1 aliphatic heterocycles. The molecule has 1 aromatic heterocycles. The van der Waals surface area contributed by atoms with Gasteiger partial charge in [0.15, 0.2) is 0 Å². The minimum absolute atomic E-state index is 0.00748. The van der Waals surface area contributed by atoms with Crippen molar-refractivity contribution in [2.75, 3.05) is 20.3 Å². The Morgan fingerprint density at radius 3 is 2.85 bits per heavy atom. The number of ether oxygens (including phenoxy) is 2. The third-order valence-corrected chi connectivity index (χ3v) is 5.02. The van der Waals surface area contributed by atoms with Crippen LogP contribution < -0.4 is 9.47 Å². The zero-order valence-electron chi connectivity index (χ0n) is 15.8. The van der Waals surface area contributed by atoms with Crippen LogP contribution in [-0.2, 0) is 6.54 Å². The molecule has 0 saturated heterocycles. The second kappa shape index (κ2) is 7.40. The first-order valence-electron chi connectivity index (χ1n) is 9.09. The van der Waals surface area contributed by atoms with Crippen LogP contribution >= 0.6 is 0 Å². The summed E-state index contributed by atoms with van der Waals surface area (Å²) in [6, 6.07) is 14.0. The zero-order valence-corrected chi connectivity index (χ0v) is 15.8. The quantitative estimate of drug-likeness (QED) is 0.696. The van der Waals surface area contributed by atoms with Gasteiger partial charge in [-0.3, -0.25) is 4.90 Å². The molecule has 27 heavy (non-hydrogen) atoms. The van der Waals surface area contributed by atoms with Gasteiger partial charge in [-0.25, -0.2) is 0 Å². The molecule has 0 aliphatic carbocycles. The molecule has 0 amide bonds. The van der Waals surface area contributed by atoms with Gasteiger partial charge in [-0.1, -0.05) is 35.5 Å². The molecule has 3 aromatic rings. The molecule has 1 unspecified atom stereocenters. The van der Waals surface area contributed by atoms with Crippen molar-refractivity contribution in [3.8, 4) is 22.9 Å². The molecule has 2 heterocycles. The minimum Gasteiger partial charge on any atom is -0.497 e. The molecular weight excluding hydrogens is 342 g/mol. The van der Waals surface area contributed by atoms with Crippen molar-refractivity contribution in [1.29, 1.82) is 0 Å². The van der Waals surface area contributed by atoms with E-state index in [-0.39, 0.29) is 6.04 Å². The summed E-state index contributed by atoms with van der Waals surface area (Å²) in [6.07, 6.45) is 0. The number of nitrogens with zero attached hydrogens (tertiary/aromatic N) is 3. The Labute approximate surface area is 158 Å². The van der Waals surface area contributed by atoms with Gasteiger partial charge in [0.2, 0.25) is 11.7 Å². The van der Waals surface area contributed by atoms with Gasteiger partial charge in [0.05, 0.1) is 13.2 Å². The monoisotopic (exact) mass is 365 g/mol. The third kappa shape index (κ3) is 3.53. The first-order valence-corrected chi connectivity index (χ1v) is 9.09. The van der Waals surface area contributed by atoms with Gasteiger partial charge in [0, 0.05) is 30.3 Å². The predicted molar refractivity (Wildman–Crippen MR) is 102 cm³/mol. The Balaban J connectivity index is 1.56. The van der Waals surface area contributed by atoms with Crippen LogP contribution in [0.3, 0.4) is 0 Å². The lowest BCUT2D eigenvalue weighted by Gasteiger charge is -2.24. The summed E-state index contributed by atoms with van der Waals surface area (Å²) in [7, 11) is 1.66. The first kappa shape index (κ1) is 17.5. The van der Waals surface area contributed by atoms with Crippen molar-refractivity contribution in [3.63, 3.8) is 0 Å². The molecule has 140 valence electrons. The van der Waals surface area contributed by atoms with Gasteiger partial charge in [-0.05, 0) is 25.5 Å². The predicted octanol–water partition coefficient (Wildman–Crippen LogP) is 4.01. The van der Waals surface area contributed by atoms with E-state index in [0.29, 0.717) is 18.3 Å². The van der Waals surface area contributed by atoms with E-state index in [4.69, 9.17) is 14.0 Å². The molecule has 1 atom stereocenters. The SMILES string of the molecule is COc1ccc2c(c1)OCCN(C(C)c1nc(-c3ccccc3C)no1)C2. The molecule has 0 radical (unpaired) electrons. The normalized spacial score (nSPS) is 15.5. The Hall–Kier alpha value is -2.86. The van der Waals surface area contributed by atoms with Crippen LogP contribution in [0, 0.1) is 6.92 Å². The van der Waals surface area contributed by atoms with E-state index < -0.39 is 0 Å². The summed E-state index contributed by atoms with van der Waals surface area (Å²) >= 11 is 0. The van der Waals surface area contributed by atoms with E-state index in [2.05, 4.69) is 22.0 Å². The van der Waals surface area contributed by atoms with Crippen molar-refractivity contribution < 1.29 is 14.0 Å². The largest absolute Gasteiger partial charge is 0.497 e. The second-order valence-corrected chi connectivity index (χ2v) is 6.74. The average molecular weight is 365 g/mol. The number of benzene rings is 2. The van der Waals surface area contributed by atoms with E-state index in [1.807, 2.05) is 49.4 Å². The highest BCUT2D eigenvalue weighted by Gasteiger charge is 2.25. The molecular formula is C21H23N3O3. The van der Waals surface area contributed by atoms with Crippen molar-refractivity contribution in [1.82, 2.24) is 15.0 Å². The van der Waals surface area contributed by atoms with E-state index in [0.717, 1.165) is 41.3 Å². The van der Waals surface area contributed by atoms with Crippen molar-refractivity contribution >= 4 is 0 Å². The highest BCUT2D eigenvalue weighted by Crippen LogP contribution is 2.31. The van der Waals surface area contributed by atoms with Gasteiger partial charge < -0.3 is 14.0 Å². The number of hydrogen-bond donors (Lipinski definition) is 0. The lowest BCUT2D eigenvalue weighted by molar-refractivity contribution is 0.151.